The summed E-state index contributed by atoms with van der Waals surface area (Å²) < 4.78 is 10.6. The van der Waals surface area contributed by atoms with Gasteiger partial charge >= 0.3 is 0 Å². The summed E-state index contributed by atoms with van der Waals surface area (Å²) in [7, 11) is 3.29. The first-order chi connectivity index (χ1) is 9.17. The van der Waals surface area contributed by atoms with E-state index in [0.29, 0.717) is 12.5 Å². The van der Waals surface area contributed by atoms with Crippen LogP contribution in [-0.4, -0.2) is 25.7 Å². The fraction of sp³-hybridized carbons (Fsp3) is 0.400. The number of nitrogens with zero attached hydrogens (tertiary/aromatic N) is 1. The molecule has 1 atom stereocenters. The molecular weight excluding hydrogens is 240 g/mol. The van der Waals surface area contributed by atoms with Crippen LogP contribution >= 0.6 is 0 Å². The second-order valence-electron chi connectivity index (χ2n) is 4.75. The van der Waals surface area contributed by atoms with Crippen molar-refractivity contribution in [2.45, 2.75) is 13.3 Å². The van der Waals surface area contributed by atoms with Crippen LogP contribution in [0, 0.1) is 5.92 Å². The molecule has 1 heterocycles. The first-order valence-electron chi connectivity index (χ1n) is 6.39. The van der Waals surface area contributed by atoms with Gasteiger partial charge in [0.25, 0.3) is 0 Å². The van der Waals surface area contributed by atoms with E-state index in [-0.39, 0.29) is 0 Å². The lowest BCUT2D eigenvalue weighted by Crippen LogP contribution is -2.13. The van der Waals surface area contributed by atoms with Gasteiger partial charge in [0, 0.05) is 17.1 Å². The molecule has 0 aliphatic heterocycles. The van der Waals surface area contributed by atoms with E-state index in [4.69, 9.17) is 15.2 Å². The molecule has 0 aliphatic rings. The van der Waals surface area contributed by atoms with Crippen molar-refractivity contribution in [1.29, 1.82) is 0 Å². The summed E-state index contributed by atoms with van der Waals surface area (Å²) in [6.07, 6.45) is 0.877. The van der Waals surface area contributed by atoms with Crippen LogP contribution in [0.4, 0.5) is 0 Å². The molecule has 102 valence electrons. The van der Waals surface area contributed by atoms with Crippen molar-refractivity contribution in [1.82, 2.24) is 4.98 Å². The van der Waals surface area contributed by atoms with E-state index in [1.807, 2.05) is 24.3 Å². The number of rotatable bonds is 5. The van der Waals surface area contributed by atoms with E-state index in [2.05, 4.69) is 11.9 Å². The first kappa shape index (κ1) is 13.6. The summed E-state index contributed by atoms with van der Waals surface area (Å²) in [6.45, 7) is 2.79. The Bertz CT molecular complexity index is 569. The van der Waals surface area contributed by atoms with Crippen molar-refractivity contribution in [2.24, 2.45) is 11.7 Å². The summed E-state index contributed by atoms with van der Waals surface area (Å²) in [5.41, 5.74) is 7.56. The van der Waals surface area contributed by atoms with Gasteiger partial charge in [0.05, 0.1) is 14.2 Å². The highest BCUT2D eigenvalue weighted by Gasteiger charge is 2.09. The van der Waals surface area contributed by atoms with E-state index in [1.54, 1.807) is 14.2 Å². The van der Waals surface area contributed by atoms with E-state index >= 15 is 0 Å². The van der Waals surface area contributed by atoms with E-state index < -0.39 is 0 Å². The number of hydrogen-bond donors (Lipinski definition) is 1. The highest BCUT2D eigenvalue weighted by Crippen LogP contribution is 2.30. The minimum absolute atomic E-state index is 0.425. The van der Waals surface area contributed by atoms with Crippen LogP contribution in [0.15, 0.2) is 24.3 Å². The third-order valence-corrected chi connectivity index (χ3v) is 3.20. The topological polar surface area (TPSA) is 57.4 Å². The molecule has 0 saturated heterocycles. The van der Waals surface area contributed by atoms with Crippen molar-refractivity contribution in [3.63, 3.8) is 0 Å². The Morgan fingerprint density at radius 2 is 2.00 bits per heavy atom. The predicted molar refractivity (Wildman–Crippen MR) is 76.8 cm³/mol. The fourth-order valence-corrected chi connectivity index (χ4v) is 2.04. The molecule has 1 aromatic heterocycles. The van der Waals surface area contributed by atoms with Gasteiger partial charge in [-0.15, -0.1) is 0 Å². The molecule has 4 heteroatoms. The molecule has 0 bridgehead atoms. The summed E-state index contributed by atoms with van der Waals surface area (Å²) >= 11 is 0. The molecule has 0 spiro atoms. The van der Waals surface area contributed by atoms with Crippen LogP contribution in [0.1, 0.15) is 12.6 Å². The number of fused-ring (bicyclic) bond motifs is 1. The van der Waals surface area contributed by atoms with E-state index in [1.165, 1.54) is 0 Å². The lowest BCUT2D eigenvalue weighted by Gasteiger charge is -2.11. The smallest absolute Gasteiger partial charge is 0.148 e. The molecule has 19 heavy (non-hydrogen) atoms. The first-order valence-corrected chi connectivity index (χ1v) is 6.39. The Hall–Kier alpha value is -1.81. The van der Waals surface area contributed by atoms with Gasteiger partial charge in [-0.25, -0.2) is 4.98 Å². The number of hydrogen-bond acceptors (Lipinski definition) is 4. The van der Waals surface area contributed by atoms with Gasteiger partial charge in [0.1, 0.15) is 17.0 Å². The largest absolute Gasteiger partial charge is 0.497 e. The van der Waals surface area contributed by atoms with E-state index in [9.17, 15) is 0 Å². The minimum atomic E-state index is 0.425. The maximum Gasteiger partial charge on any atom is 0.148 e. The summed E-state index contributed by atoms with van der Waals surface area (Å²) in [5, 5.41) is 1.01. The third-order valence-electron chi connectivity index (χ3n) is 3.20. The van der Waals surface area contributed by atoms with Gasteiger partial charge in [0.2, 0.25) is 0 Å². The van der Waals surface area contributed by atoms with Gasteiger partial charge in [-0.2, -0.15) is 0 Å². The van der Waals surface area contributed by atoms with Crippen molar-refractivity contribution < 1.29 is 9.47 Å². The molecule has 1 aromatic carbocycles. The lowest BCUT2D eigenvalue weighted by molar-refractivity contribution is 0.397. The lowest BCUT2D eigenvalue weighted by atomic mass is 10.0. The van der Waals surface area contributed by atoms with Gasteiger partial charge < -0.3 is 15.2 Å². The predicted octanol–water partition coefficient (Wildman–Crippen LogP) is 2.39. The molecule has 0 saturated carbocycles. The standard InChI is InChI=1S/C15H20N2O2/c1-10(9-16)6-12-5-4-11-7-13(18-2)8-14(19-3)15(11)17-12/h4-5,7-8,10H,6,9,16H2,1-3H3. The van der Waals surface area contributed by atoms with Gasteiger partial charge in [-0.1, -0.05) is 13.0 Å². The normalized spacial score (nSPS) is 12.4. The Morgan fingerprint density at radius 3 is 2.63 bits per heavy atom. The highest BCUT2D eigenvalue weighted by atomic mass is 16.5. The zero-order chi connectivity index (χ0) is 13.8. The average molecular weight is 260 g/mol. The van der Waals surface area contributed by atoms with E-state index in [0.717, 1.165) is 34.5 Å². The summed E-state index contributed by atoms with van der Waals surface area (Å²) in [4.78, 5) is 4.67. The Labute approximate surface area is 113 Å². The number of nitrogens with two attached hydrogens (primary N) is 1. The van der Waals surface area contributed by atoms with Crippen LogP contribution in [0.2, 0.25) is 0 Å². The van der Waals surface area contributed by atoms with Crippen molar-refractivity contribution in [3.05, 3.63) is 30.0 Å². The fourth-order valence-electron chi connectivity index (χ4n) is 2.04. The van der Waals surface area contributed by atoms with Crippen molar-refractivity contribution in [2.75, 3.05) is 20.8 Å². The van der Waals surface area contributed by atoms with Gasteiger partial charge in [-0.05, 0) is 31.0 Å². The summed E-state index contributed by atoms with van der Waals surface area (Å²) in [6, 6.07) is 7.89. The second kappa shape index (κ2) is 5.89. The van der Waals surface area contributed by atoms with Crippen LogP contribution in [0.5, 0.6) is 11.5 Å². The molecular formula is C15H20N2O2. The van der Waals surface area contributed by atoms with Crippen LogP contribution in [0.3, 0.4) is 0 Å². The Morgan fingerprint density at radius 1 is 1.21 bits per heavy atom. The molecule has 0 aliphatic carbocycles. The summed E-state index contributed by atoms with van der Waals surface area (Å²) in [5.74, 6) is 1.93. The molecule has 2 N–H and O–H groups in total. The van der Waals surface area contributed by atoms with Crippen molar-refractivity contribution >= 4 is 10.9 Å². The van der Waals surface area contributed by atoms with Gasteiger partial charge in [-0.3, -0.25) is 0 Å². The molecule has 0 amide bonds. The third kappa shape index (κ3) is 2.96. The molecule has 0 fully saturated rings. The Balaban J connectivity index is 2.46. The number of aromatic nitrogens is 1. The number of methoxy groups -OCH3 is 2. The Kier molecular flexibility index (Phi) is 4.22. The number of ether oxygens (including phenoxy) is 2. The zero-order valence-corrected chi connectivity index (χ0v) is 11.6. The van der Waals surface area contributed by atoms with Gasteiger partial charge in [0.15, 0.2) is 0 Å². The van der Waals surface area contributed by atoms with Crippen LogP contribution in [-0.2, 0) is 6.42 Å². The van der Waals surface area contributed by atoms with Crippen LogP contribution < -0.4 is 15.2 Å². The number of benzene rings is 1. The minimum Gasteiger partial charge on any atom is -0.497 e. The van der Waals surface area contributed by atoms with Crippen molar-refractivity contribution in [3.8, 4) is 11.5 Å². The molecule has 4 nitrogen and oxygen atoms in total. The zero-order valence-electron chi connectivity index (χ0n) is 11.6. The number of pyridine rings is 1. The quantitative estimate of drug-likeness (QED) is 0.896. The maximum absolute atomic E-state index is 5.66. The second-order valence-corrected chi connectivity index (χ2v) is 4.75. The molecule has 2 rings (SSSR count). The molecule has 1 unspecified atom stereocenters. The molecule has 2 aromatic rings. The average Bonchev–Trinajstić information content (AvgIpc) is 2.45. The monoisotopic (exact) mass is 260 g/mol. The SMILES string of the molecule is COc1cc(OC)c2nc(CC(C)CN)ccc2c1. The maximum atomic E-state index is 5.66. The van der Waals surface area contributed by atoms with Crippen LogP contribution in [0.25, 0.3) is 10.9 Å². The molecule has 0 radical (unpaired) electrons. The highest BCUT2D eigenvalue weighted by molar-refractivity contribution is 5.86.